The van der Waals surface area contributed by atoms with Gasteiger partial charge < -0.3 is 14.5 Å². The maximum atomic E-state index is 5.50. The number of nitrogens with zero attached hydrogens (tertiary/aromatic N) is 1. The van der Waals surface area contributed by atoms with E-state index in [1.807, 2.05) is 31.2 Å². The Kier molecular flexibility index (Phi) is 3.06. The van der Waals surface area contributed by atoms with Crippen LogP contribution in [0.3, 0.4) is 0 Å². The summed E-state index contributed by atoms with van der Waals surface area (Å²) in [6.07, 6.45) is 3.42. The van der Waals surface area contributed by atoms with Crippen molar-refractivity contribution in [2.75, 3.05) is 12.4 Å². The van der Waals surface area contributed by atoms with Gasteiger partial charge in [0, 0.05) is 23.5 Å². The van der Waals surface area contributed by atoms with Crippen molar-refractivity contribution in [3.05, 3.63) is 47.9 Å². The molecule has 2 heterocycles. The Labute approximate surface area is 117 Å². The Morgan fingerprint density at radius 3 is 2.80 bits per heavy atom. The lowest BCUT2D eigenvalue weighted by atomic mass is 10.1. The van der Waals surface area contributed by atoms with E-state index in [2.05, 4.69) is 17.2 Å². The molecule has 3 rings (SSSR count). The van der Waals surface area contributed by atoms with Gasteiger partial charge in [-0.05, 0) is 31.5 Å². The third-order valence-corrected chi connectivity index (χ3v) is 3.45. The molecular weight excluding hydrogens is 252 g/mol. The minimum absolute atomic E-state index is 0.758. The smallest absolute Gasteiger partial charge is 0.175 e. The van der Waals surface area contributed by atoms with Crippen LogP contribution in [0.1, 0.15) is 11.1 Å². The standard InChI is InChI=1S/C16H16N2O2/c1-10-4-5-14(19-3)11(2)15(10)18-13-6-8-17-12-7-9-20-16(12)13/h4-9H,1-3H3,(H,17,18). The number of aryl methyl sites for hydroxylation is 1. The van der Waals surface area contributed by atoms with Crippen LogP contribution in [0.5, 0.6) is 5.75 Å². The molecule has 0 atom stereocenters. The monoisotopic (exact) mass is 268 g/mol. The van der Waals surface area contributed by atoms with E-state index in [4.69, 9.17) is 9.15 Å². The third kappa shape index (κ3) is 1.99. The number of benzene rings is 1. The van der Waals surface area contributed by atoms with Gasteiger partial charge in [0.1, 0.15) is 11.3 Å². The molecule has 20 heavy (non-hydrogen) atoms. The van der Waals surface area contributed by atoms with Crippen LogP contribution >= 0.6 is 0 Å². The fourth-order valence-corrected chi connectivity index (χ4v) is 2.35. The largest absolute Gasteiger partial charge is 0.496 e. The van der Waals surface area contributed by atoms with Crippen LogP contribution in [0, 0.1) is 13.8 Å². The van der Waals surface area contributed by atoms with Crippen molar-refractivity contribution < 1.29 is 9.15 Å². The highest BCUT2D eigenvalue weighted by atomic mass is 16.5. The lowest BCUT2D eigenvalue weighted by Crippen LogP contribution is -1.99. The molecule has 0 saturated heterocycles. The first-order valence-electron chi connectivity index (χ1n) is 6.44. The number of fused-ring (bicyclic) bond motifs is 1. The van der Waals surface area contributed by atoms with E-state index in [1.54, 1.807) is 19.6 Å². The second-order valence-electron chi connectivity index (χ2n) is 4.70. The molecule has 0 bridgehead atoms. The van der Waals surface area contributed by atoms with Crippen LogP contribution in [0.15, 0.2) is 41.1 Å². The summed E-state index contributed by atoms with van der Waals surface area (Å²) >= 11 is 0. The summed E-state index contributed by atoms with van der Waals surface area (Å²) in [6.45, 7) is 4.10. The summed E-state index contributed by atoms with van der Waals surface area (Å²) in [5.74, 6) is 0.864. The van der Waals surface area contributed by atoms with Crippen molar-refractivity contribution in [1.29, 1.82) is 0 Å². The van der Waals surface area contributed by atoms with Crippen LogP contribution in [-0.4, -0.2) is 12.1 Å². The molecule has 4 heteroatoms. The van der Waals surface area contributed by atoms with Gasteiger partial charge in [-0.2, -0.15) is 0 Å². The number of furan rings is 1. The van der Waals surface area contributed by atoms with Crippen molar-refractivity contribution >= 4 is 22.5 Å². The maximum Gasteiger partial charge on any atom is 0.175 e. The number of methoxy groups -OCH3 is 1. The number of hydrogen-bond acceptors (Lipinski definition) is 4. The number of pyridine rings is 1. The van der Waals surface area contributed by atoms with E-state index in [0.717, 1.165) is 39.4 Å². The molecule has 0 aliphatic rings. The molecule has 0 radical (unpaired) electrons. The van der Waals surface area contributed by atoms with Crippen LogP contribution in [0.2, 0.25) is 0 Å². The van der Waals surface area contributed by atoms with Crippen molar-refractivity contribution in [3.8, 4) is 5.75 Å². The maximum absolute atomic E-state index is 5.50. The van der Waals surface area contributed by atoms with Gasteiger partial charge in [0.2, 0.25) is 0 Å². The predicted octanol–water partition coefficient (Wildman–Crippen LogP) is 4.20. The summed E-state index contributed by atoms with van der Waals surface area (Å²) in [5, 5.41) is 3.43. The zero-order chi connectivity index (χ0) is 14.1. The molecule has 0 fully saturated rings. The number of anilines is 2. The minimum atomic E-state index is 0.758. The Bertz CT molecular complexity index is 762. The zero-order valence-electron chi connectivity index (χ0n) is 11.7. The van der Waals surface area contributed by atoms with E-state index >= 15 is 0 Å². The lowest BCUT2D eigenvalue weighted by molar-refractivity contribution is 0.412. The summed E-state index contributed by atoms with van der Waals surface area (Å²) in [4.78, 5) is 4.26. The molecule has 3 aromatic rings. The number of ether oxygens (including phenoxy) is 1. The van der Waals surface area contributed by atoms with E-state index in [-0.39, 0.29) is 0 Å². The van der Waals surface area contributed by atoms with E-state index in [9.17, 15) is 0 Å². The molecule has 4 nitrogen and oxygen atoms in total. The quantitative estimate of drug-likeness (QED) is 0.773. The van der Waals surface area contributed by atoms with Gasteiger partial charge in [-0.15, -0.1) is 0 Å². The van der Waals surface area contributed by atoms with E-state index < -0.39 is 0 Å². The second kappa shape index (κ2) is 4.89. The first kappa shape index (κ1) is 12.5. The molecule has 0 spiro atoms. The summed E-state index contributed by atoms with van der Waals surface area (Å²) in [5.41, 5.74) is 5.76. The van der Waals surface area contributed by atoms with E-state index in [0.29, 0.717) is 0 Å². The van der Waals surface area contributed by atoms with Crippen molar-refractivity contribution in [2.24, 2.45) is 0 Å². The highest BCUT2D eigenvalue weighted by Crippen LogP contribution is 2.33. The van der Waals surface area contributed by atoms with Gasteiger partial charge in [0.05, 0.1) is 19.1 Å². The second-order valence-corrected chi connectivity index (χ2v) is 4.70. The Morgan fingerprint density at radius 1 is 1.15 bits per heavy atom. The van der Waals surface area contributed by atoms with Crippen LogP contribution in [0.4, 0.5) is 11.4 Å². The Balaban J connectivity index is 2.09. The molecule has 102 valence electrons. The molecule has 1 N–H and O–H groups in total. The average Bonchev–Trinajstić information content (AvgIpc) is 2.93. The Morgan fingerprint density at radius 2 is 2.00 bits per heavy atom. The molecule has 0 aliphatic carbocycles. The first-order chi connectivity index (χ1) is 9.70. The van der Waals surface area contributed by atoms with Crippen LogP contribution in [0.25, 0.3) is 11.1 Å². The highest BCUT2D eigenvalue weighted by molar-refractivity contribution is 5.88. The molecular formula is C16H16N2O2. The fourth-order valence-electron chi connectivity index (χ4n) is 2.35. The fraction of sp³-hybridized carbons (Fsp3) is 0.188. The number of rotatable bonds is 3. The predicted molar refractivity (Wildman–Crippen MR) is 79.8 cm³/mol. The molecule has 2 aromatic heterocycles. The van der Waals surface area contributed by atoms with Crippen molar-refractivity contribution in [1.82, 2.24) is 4.98 Å². The van der Waals surface area contributed by atoms with Gasteiger partial charge in [0.25, 0.3) is 0 Å². The van der Waals surface area contributed by atoms with Gasteiger partial charge in [-0.3, -0.25) is 4.98 Å². The van der Waals surface area contributed by atoms with Crippen LogP contribution < -0.4 is 10.1 Å². The lowest BCUT2D eigenvalue weighted by Gasteiger charge is -2.15. The van der Waals surface area contributed by atoms with Gasteiger partial charge in [0.15, 0.2) is 5.58 Å². The average molecular weight is 268 g/mol. The number of aromatic nitrogens is 1. The SMILES string of the molecule is COc1ccc(C)c(Nc2ccnc3ccoc23)c1C. The van der Waals surface area contributed by atoms with E-state index in [1.165, 1.54) is 0 Å². The minimum Gasteiger partial charge on any atom is -0.496 e. The summed E-state index contributed by atoms with van der Waals surface area (Å²) in [6, 6.07) is 7.77. The van der Waals surface area contributed by atoms with Gasteiger partial charge in [-0.25, -0.2) is 0 Å². The number of hydrogen-bond donors (Lipinski definition) is 1. The summed E-state index contributed by atoms with van der Waals surface area (Å²) < 4.78 is 10.9. The molecule has 0 saturated carbocycles. The van der Waals surface area contributed by atoms with Gasteiger partial charge >= 0.3 is 0 Å². The molecule has 0 amide bonds. The normalized spacial score (nSPS) is 10.8. The first-order valence-corrected chi connectivity index (χ1v) is 6.44. The third-order valence-electron chi connectivity index (χ3n) is 3.45. The van der Waals surface area contributed by atoms with Crippen molar-refractivity contribution in [3.63, 3.8) is 0 Å². The Hall–Kier alpha value is -2.49. The molecule has 1 aromatic carbocycles. The van der Waals surface area contributed by atoms with Crippen LogP contribution in [-0.2, 0) is 0 Å². The highest BCUT2D eigenvalue weighted by Gasteiger charge is 2.11. The number of nitrogens with one attached hydrogen (secondary N) is 1. The summed E-state index contributed by atoms with van der Waals surface area (Å²) in [7, 11) is 1.68. The topological polar surface area (TPSA) is 47.3 Å². The zero-order valence-corrected chi connectivity index (χ0v) is 11.7. The molecule has 0 unspecified atom stereocenters. The van der Waals surface area contributed by atoms with Crippen molar-refractivity contribution in [2.45, 2.75) is 13.8 Å². The van der Waals surface area contributed by atoms with Gasteiger partial charge in [-0.1, -0.05) is 6.07 Å². The molecule has 0 aliphatic heterocycles.